The Hall–Kier alpha value is -4.41. The molecule has 1 fully saturated rings. The van der Waals surface area contributed by atoms with Gasteiger partial charge in [0.05, 0.1) is 11.0 Å². The maximum atomic E-state index is 13.7. The molecule has 0 saturated carbocycles. The van der Waals surface area contributed by atoms with Crippen molar-refractivity contribution < 1.29 is 24.3 Å². The van der Waals surface area contributed by atoms with Crippen LogP contribution >= 0.6 is 34.9 Å². The van der Waals surface area contributed by atoms with Gasteiger partial charge in [-0.3, -0.25) is 19.1 Å². The van der Waals surface area contributed by atoms with Gasteiger partial charge in [0.2, 0.25) is 5.91 Å². The Bertz CT molecular complexity index is 1900. The Morgan fingerprint density at radius 2 is 1.77 bits per heavy atom. The zero-order chi connectivity index (χ0) is 31.1. The van der Waals surface area contributed by atoms with Gasteiger partial charge in [-0.1, -0.05) is 65.6 Å². The molecular weight excluding hydrogens is 627 g/mol. The smallest absolute Gasteiger partial charge is 0.352 e. The summed E-state index contributed by atoms with van der Waals surface area (Å²) in [4.78, 5) is 66.9. The number of benzene rings is 2. The van der Waals surface area contributed by atoms with Crippen LogP contribution < -0.4 is 16.3 Å². The van der Waals surface area contributed by atoms with Crippen molar-refractivity contribution in [3.63, 3.8) is 0 Å². The summed E-state index contributed by atoms with van der Waals surface area (Å²) in [7, 11) is 1.55. The minimum absolute atomic E-state index is 0.0961. The fraction of sp³-hybridized carbons (Fsp3) is 0.250. The molecule has 4 aromatic rings. The van der Waals surface area contributed by atoms with Crippen LogP contribution in [0.4, 0.5) is 4.79 Å². The van der Waals surface area contributed by atoms with Crippen LogP contribution in [0.15, 0.2) is 75.0 Å². The molecule has 3 amide bonds. The molecule has 6 rings (SSSR count). The van der Waals surface area contributed by atoms with Crippen molar-refractivity contribution in [1.82, 2.24) is 34.9 Å². The van der Waals surface area contributed by atoms with E-state index in [0.717, 1.165) is 9.57 Å². The number of carboxylic acid groups (broad SMARTS) is 1. The van der Waals surface area contributed by atoms with Gasteiger partial charge in [0.25, 0.3) is 5.91 Å². The topological polar surface area (TPSA) is 169 Å². The van der Waals surface area contributed by atoms with Gasteiger partial charge >= 0.3 is 17.7 Å². The number of amides is 3. The molecule has 13 nitrogen and oxygen atoms in total. The van der Waals surface area contributed by atoms with Crippen molar-refractivity contribution in [3.8, 4) is 0 Å². The van der Waals surface area contributed by atoms with Gasteiger partial charge in [0.15, 0.2) is 4.34 Å². The number of β-lactam (4-membered cyclic amide) rings is 1. The van der Waals surface area contributed by atoms with Crippen LogP contribution in [-0.2, 0) is 21.4 Å². The summed E-state index contributed by atoms with van der Waals surface area (Å²) in [6, 6.07) is 12.2. The van der Waals surface area contributed by atoms with Crippen molar-refractivity contribution in [2.24, 2.45) is 7.05 Å². The van der Waals surface area contributed by atoms with Gasteiger partial charge in [-0.2, -0.15) is 0 Å². The first-order chi connectivity index (χ1) is 21.2. The van der Waals surface area contributed by atoms with Crippen molar-refractivity contribution in [1.29, 1.82) is 0 Å². The molecule has 2 aromatic heterocycles. The van der Waals surface area contributed by atoms with Crippen molar-refractivity contribution in [2.75, 3.05) is 11.5 Å². The molecular formula is C28H25N7O6S3. The average Bonchev–Trinajstić information content (AvgIpc) is 3.56. The number of rotatable bonds is 8. The first-order valence-corrected chi connectivity index (χ1v) is 16.2. The SMILES string of the molecule is Cc1nnc(SCC2=C(C(=O)O)N3C(=O)C(NC(=O)C(NC(=O)n4c(=O)n(C)c5ccccc54)c4ccccc4)[C@@H]3SC2)s1. The number of thioether (sulfide) groups is 2. The molecule has 2 aliphatic rings. The van der Waals surface area contributed by atoms with Crippen LogP contribution in [0.1, 0.15) is 16.6 Å². The Morgan fingerprint density at radius 1 is 1.07 bits per heavy atom. The van der Waals surface area contributed by atoms with Gasteiger partial charge in [-0.25, -0.2) is 19.0 Å². The molecule has 0 bridgehead atoms. The van der Waals surface area contributed by atoms with E-state index in [9.17, 15) is 29.1 Å². The lowest BCUT2D eigenvalue weighted by molar-refractivity contribution is -0.151. The fourth-order valence-electron chi connectivity index (χ4n) is 5.14. The minimum Gasteiger partial charge on any atom is -0.477 e. The summed E-state index contributed by atoms with van der Waals surface area (Å²) in [6.07, 6.45) is 0. The number of nitrogens with one attached hydrogen (secondary N) is 2. The summed E-state index contributed by atoms with van der Waals surface area (Å²) in [5.41, 5.74) is 1.25. The largest absolute Gasteiger partial charge is 0.477 e. The zero-order valence-electron chi connectivity index (χ0n) is 23.3. The summed E-state index contributed by atoms with van der Waals surface area (Å²) >= 11 is 4.10. The molecule has 3 atom stereocenters. The van der Waals surface area contributed by atoms with Crippen molar-refractivity contribution in [3.05, 3.63) is 86.9 Å². The lowest BCUT2D eigenvalue weighted by atomic mass is 10.0. The molecule has 1 saturated heterocycles. The number of hydrogen-bond acceptors (Lipinski definition) is 10. The van der Waals surface area contributed by atoms with E-state index in [1.807, 2.05) is 6.92 Å². The number of carboxylic acids is 1. The second-order valence-corrected chi connectivity index (χ2v) is 13.5. The Kier molecular flexibility index (Phi) is 8.04. The molecule has 0 aliphatic carbocycles. The van der Waals surface area contributed by atoms with E-state index >= 15 is 0 Å². The van der Waals surface area contributed by atoms with Crippen molar-refractivity contribution in [2.45, 2.75) is 28.7 Å². The van der Waals surface area contributed by atoms with E-state index in [-0.39, 0.29) is 5.70 Å². The number of carbonyl (C=O) groups is 4. The molecule has 0 spiro atoms. The summed E-state index contributed by atoms with van der Waals surface area (Å²) < 4.78 is 2.99. The molecule has 0 radical (unpaired) electrons. The third-order valence-electron chi connectivity index (χ3n) is 7.25. The number of nitrogens with zero attached hydrogens (tertiary/aromatic N) is 5. The third-order valence-corrected chi connectivity index (χ3v) is 10.7. The monoisotopic (exact) mass is 651 g/mol. The predicted octanol–water partition coefficient (Wildman–Crippen LogP) is 2.33. The highest BCUT2D eigenvalue weighted by Crippen LogP contribution is 2.42. The molecule has 2 unspecified atom stereocenters. The van der Waals surface area contributed by atoms with Crippen LogP contribution in [0.2, 0.25) is 0 Å². The third kappa shape index (κ3) is 5.28. The lowest BCUT2D eigenvalue weighted by Crippen LogP contribution is -2.71. The normalized spacial score (nSPS) is 18.5. The molecule has 4 heterocycles. The maximum absolute atomic E-state index is 13.7. The summed E-state index contributed by atoms with van der Waals surface area (Å²) in [6.45, 7) is 1.83. The zero-order valence-corrected chi connectivity index (χ0v) is 25.7. The number of imidazole rings is 1. The molecule has 16 heteroatoms. The average molecular weight is 652 g/mol. The number of hydrogen-bond donors (Lipinski definition) is 3. The number of para-hydroxylation sites is 2. The van der Waals surface area contributed by atoms with Crippen LogP contribution in [-0.4, -0.2) is 76.1 Å². The second kappa shape index (κ2) is 11.9. The minimum atomic E-state index is -1.25. The van der Waals surface area contributed by atoms with E-state index in [2.05, 4.69) is 20.8 Å². The van der Waals surface area contributed by atoms with Gasteiger partial charge in [0, 0.05) is 18.6 Å². The fourth-order valence-corrected chi connectivity index (χ4v) is 8.44. The van der Waals surface area contributed by atoms with Gasteiger partial charge in [-0.05, 0) is 30.2 Å². The van der Waals surface area contributed by atoms with Crippen molar-refractivity contribution >= 4 is 69.7 Å². The van der Waals surface area contributed by atoms with Gasteiger partial charge in [-0.15, -0.1) is 22.0 Å². The van der Waals surface area contributed by atoms with E-state index in [0.29, 0.717) is 38.0 Å². The predicted molar refractivity (Wildman–Crippen MR) is 165 cm³/mol. The highest BCUT2D eigenvalue weighted by Gasteiger charge is 2.54. The maximum Gasteiger partial charge on any atom is 0.352 e. The number of carbonyl (C=O) groups excluding carboxylic acids is 3. The Balaban J connectivity index is 1.22. The standard InChI is InChI=1S/C28H25N7O6S3/c1-14-31-32-27(44-14)43-13-16-12-42-24-20(23(37)35(24)21(16)25(38)39)29-22(36)19(15-8-4-3-5-9-15)30-26(40)34-18-11-7-6-10-17(18)33(2)28(34)41/h3-11,19-20,24H,12-13H2,1-2H3,(H,29,36)(H,30,40)(H,38,39)/t19?,20?,24-/m0/s1. The van der Waals surface area contributed by atoms with Crippen LogP contribution in [0.25, 0.3) is 11.0 Å². The van der Waals surface area contributed by atoms with Gasteiger partial charge in [0.1, 0.15) is 28.2 Å². The highest BCUT2D eigenvalue weighted by molar-refractivity contribution is 8.01. The first-order valence-electron chi connectivity index (χ1n) is 13.3. The Morgan fingerprint density at radius 3 is 2.45 bits per heavy atom. The lowest BCUT2D eigenvalue weighted by Gasteiger charge is -2.49. The van der Waals surface area contributed by atoms with Crippen LogP contribution in [0.3, 0.4) is 0 Å². The van der Waals surface area contributed by atoms with E-state index in [1.54, 1.807) is 61.6 Å². The van der Waals surface area contributed by atoms with Gasteiger partial charge < -0.3 is 15.7 Å². The highest BCUT2D eigenvalue weighted by atomic mass is 32.2. The van der Waals surface area contributed by atoms with E-state index in [1.165, 1.54) is 44.3 Å². The first kappa shape index (κ1) is 29.7. The number of aryl methyl sites for hydroxylation is 2. The molecule has 44 heavy (non-hydrogen) atoms. The quantitative estimate of drug-likeness (QED) is 0.190. The molecule has 2 aliphatic heterocycles. The van der Waals surface area contributed by atoms with Crippen LogP contribution in [0, 0.1) is 6.92 Å². The second-order valence-electron chi connectivity index (χ2n) is 9.99. The summed E-state index contributed by atoms with van der Waals surface area (Å²) in [5, 5.41) is 23.6. The number of aromatic nitrogens is 4. The summed E-state index contributed by atoms with van der Waals surface area (Å²) in [5.74, 6) is -1.80. The van der Waals surface area contributed by atoms with E-state index < -0.39 is 47.0 Å². The number of fused-ring (bicyclic) bond motifs is 2. The molecule has 226 valence electrons. The van der Waals surface area contributed by atoms with E-state index in [4.69, 9.17) is 0 Å². The van der Waals surface area contributed by atoms with Crippen LogP contribution in [0.5, 0.6) is 0 Å². The Labute approximate surface area is 262 Å². The molecule has 2 aromatic carbocycles. The number of aliphatic carboxylic acids is 1. The molecule has 3 N–H and O–H groups in total.